The van der Waals surface area contributed by atoms with Crippen molar-refractivity contribution < 1.29 is 13.5 Å². The van der Waals surface area contributed by atoms with Crippen LogP contribution in [0.25, 0.3) is 11.1 Å². The SMILES string of the molecule is CCOP(=S)(OCC)SCn1c(=O)oc2cc(Cl)ccc21.Cl. The molecule has 0 spiro atoms. The zero-order valence-corrected chi connectivity index (χ0v) is 16.1. The van der Waals surface area contributed by atoms with Crippen molar-refractivity contribution in [2.24, 2.45) is 0 Å². The van der Waals surface area contributed by atoms with E-state index < -0.39 is 11.4 Å². The van der Waals surface area contributed by atoms with Gasteiger partial charge < -0.3 is 13.5 Å². The first-order valence-corrected chi connectivity index (χ1v) is 10.9. The van der Waals surface area contributed by atoms with Crippen LogP contribution in [0.2, 0.25) is 5.02 Å². The van der Waals surface area contributed by atoms with Crippen molar-refractivity contribution in [2.75, 3.05) is 13.2 Å². The normalized spacial score (nSPS) is 11.6. The third kappa shape index (κ3) is 4.74. The highest BCUT2D eigenvalue weighted by molar-refractivity contribution is 8.67. The molecule has 1 aromatic carbocycles. The summed E-state index contributed by atoms with van der Waals surface area (Å²) in [4.78, 5) is 11.9. The minimum Gasteiger partial charge on any atom is -0.408 e. The lowest BCUT2D eigenvalue weighted by Gasteiger charge is -2.19. The highest BCUT2D eigenvalue weighted by Gasteiger charge is 2.20. The second-order valence-electron chi connectivity index (χ2n) is 3.95. The maximum absolute atomic E-state index is 11.9. The fourth-order valence-electron chi connectivity index (χ4n) is 1.72. The van der Waals surface area contributed by atoms with Gasteiger partial charge in [0.25, 0.3) is 0 Å². The Labute approximate surface area is 148 Å². The highest BCUT2D eigenvalue weighted by Crippen LogP contribution is 2.61. The maximum atomic E-state index is 11.9. The molecule has 1 heterocycles. The standard InChI is InChI=1S/C12H15ClNO4PS2.ClH/c1-3-16-19(20,17-4-2)21-8-14-10-6-5-9(13)7-11(10)18-12(14)15;/h5-7H,3-4,8H2,1-2H3;1H. The van der Waals surface area contributed by atoms with Crippen molar-refractivity contribution in [3.8, 4) is 0 Å². The molecule has 0 N–H and O–H groups in total. The Bertz CT molecular complexity index is 723. The van der Waals surface area contributed by atoms with E-state index in [4.69, 9.17) is 36.9 Å². The predicted octanol–water partition coefficient (Wildman–Crippen LogP) is 4.66. The Hall–Kier alpha value is -0.0100. The Morgan fingerprint density at radius 3 is 2.59 bits per heavy atom. The van der Waals surface area contributed by atoms with Crippen molar-refractivity contribution in [3.63, 3.8) is 0 Å². The monoisotopic (exact) mass is 403 g/mol. The molecule has 22 heavy (non-hydrogen) atoms. The van der Waals surface area contributed by atoms with E-state index in [-0.39, 0.29) is 12.4 Å². The summed E-state index contributed by atoms with van der Waals surface area (Å²) in [6, 6.07) is 5.07. The first-order valence-electron chi connectivity index (χ1n) is 6.31. The van der Waals surface area contributed by atoms with Gasteiger partial charge >= 0.3 is 5.76 Å². The van der Waals surface area contributed by atoms with E-state index in [0.717, 1.165) is 0 Å². The van der Waals surface area contributed by atoms with Gasteiger partial charge in [0.2, 0.25) is 5.69 Å². The molecule has 10 heteroatoms. The number of nitrogens with zero attached hydrogens (tertiary/aromatic N) is 1. The molecule has 0 bridgehead atoms. The number of fused-ring (bicyclic) bond motifs is 1. The summed E-state index contributed by atoms with van der Waals surface area (Å²) in [5, 5.41) is 0.518. The number of halogens is 2. The Morgan fingerprint density at radius 2 is 2.00 bits per heavy atom. The summed E-state index contributed by atoms with van der Waals surface area (Å²) in [7, 11) is 0. The summed E-state index contributed by atoms with van der Waals surface area (Å²) in [5.74, 6) is -0.139. The van der Waals surface area contributed by atoms with Gasteiger partial charge in [-0.3, -0.25) is 4.57 Å². The first kappa shape index (κ1) is 20.0. The molecule has 0 aliphatic heterocycles. The molecular weight excluding hydrogens is 388 g/mol. The largest absolute Gasteiger partial charge is 0.420 e. The fraction of sp³-hybridized carbons (Fsp3) is 0.417. The molecule has 124 valence electrons. The quantitative estimate of drug-likeness (QED) is 0.626. The second-order valence-corrected chi connectivity index (χ2v) is 10.7. The molecule has 0 atom stereocenters. The minimum absolute atomic E-state index is 0. The fourth-order valence-corrected chi connectivity index (χ4v) is 6.15. The highest BCUT2D eigenvalue weighted by atomic mass is 35.5. The van der Waals surface area contributed by atoms with Crippen molar-refractivity contribution in [3.05, 3.63) is 33.8 Å². The van der Waals surface area contributed by atoms with Crippen LogP contribution in [0, 0.1) is 0 Å². The molecule has 0 saturated heterocycles. The summed E-state index contributed by atoms with van der Waals surface area (Å²) in [5.41, 5.74) is -1.32. The van der Waals surface area contributed by atoms with Gasteiger partial charge in [-0.25, -0.2) is 4.79 Å². The Morgan fingerprint density at radius 1 is 1.36 bits per heavy atom. The number of rotatable bonds is 7. The second kappa shape index (κ2) is 8.73. The van der Waals surface area contributed by atoms with Crippen LogP contribution in [0.15, 0.2) is 27.4 Å². The van der Waals surface area contributed by atoms with E-state index in [9.17, 15) is 4.79 Å². The first-order chi connectivity index (χ1) is 9.99. The molecule has 2 aromatic rings. The van der Waals surface area contributed by atoms with E-state index in [1.807, 2.05) is 13.8 Å². The van der Waals surface area contributed by atoms with Crippen LogP contribution in [-0.4, -0.2) is 17.8 Å². The van der Waals surface area contributed by atoms with Gasteiger partial charge in [-0.15, -0.1) is 12.4 Å². The van der Waals surface area contributed by atoms with Crippen LogP contribution in [0.3, 0.4) is 0 Å². The topological polar surface area (TPSA) is 53.6 Å². The molecular formula is C12H16Cl2NO4PS2. The third-order valence-corrected chi connectivity index (χ3v) is 8.13. The number of hydrogen-bond acceptors (Lipinski definition) is 6. The predicted molar refractivity (Wildman–Crippen MR) is 97.9 cm³/mol. The van der Waals surface area contributed by atoms with Gasteiger partial charge in [-0.2, -0.15) is 0 Å². The molecule has 0 amide bonds. The zero-order chi connectivity index (χ0) is 15.5. The Balaban J connectivity index is 0.00000242. The van der Waals surface area contributed by atoms with E-state index >= 15 is 0 Å². The molecule has 0 radical (unpaired) electrons. The van der Waals surface area contributed by atoms with Gasteiger partial charge in [0.1, 0.15) is 0 Å². The van der Waals surface area contributed by atoms with Crippen LogP contribution in [0.4, 0.5) is 0 Å². The van der Waals surface area contributed by atoms with Crippen LogP contribution >= 0.6 is 41.1 Å². The van der Waals surface area contributed by atoms with Gasteiger partial charge in [0, 0.05) is 11.1 Å². The maximum Gasteiger partial charge on any atom is 0.420 e. The number of benzene rings is 1. The molecule has 0 aliphatic rings. The lowest BCUT2D eigenvalue weighted by atomic mass is 10.3. The molecule has 2 rings (SSSR count). The van der Waals surface area contributed by atoms with Gasteiger partial charge in [0.05, 0.1) is 24.6 Å². The average molecular weight is 404 g/mol. The van der Waals surface area contributed by atoms with Crippen molar-refractivity contribution >= 4 is 64.0 Å². The number of oxazole rings is 1. The lowest BCUT2D eigenvalue weighted by Crippen LogP contribution is -2.12. The van der Waals surface area contributed by atoms with E-state index in [0.29, 0.717) is 35.2 Å². The summed E-state index contributed by atoms with van der Waals surface area (Å²) >= 11 is 12.6. The number of aromatic nitrogens is 1. The van der Waals surface area contributed by atoms with E-state index in [2.05, 4.69) is 0 Å². The van der Waals surface area contributed by atoms with Crippen LogP contribution in [0.5, 0.6) is 0 Å². The molecule has 5 nitrogen and oxygen atoms in total. The molecule has 0 unspecified atom stereocenters. The molecule has 0 fully saturated rings. The van der Waals surface area contributed by atoms with Gasteiger partial charge in [0.15, 0.2) is 5.58 Å². The van der Waals surface area contributed by atoms with Gasteiger partial charge in [-0.05, 0) is 49.2 Å². The average Bonchev–Trinajstić information content (AvgIpc) is 2.71. The van der Waals surface area contributed by atoms with Crippen molar-refractivity contribution in [1.82, 2.24) is 4.57 Å². The molecule has 0 saturated carbocycles. The van der Waals surface area contributed by atoms with E-state index in [1.54, 1.807) is 18.2 Å². The van der Waals surface area contributed by atoms with Gasteiger partial charge in [-0.1, -0.05) is 11.6 Å². The molecule has 0 aliphatic carbocycles. The third-order valence-electron chi connectivity index (χ3n) is 2.55. The summed E-state index contributed by atoms with van der Waals surface area (Å²) < 4.78 is 17.7. The van der Waals surface area contributed by atoms with E-state index in [1.165, 1.54) is 15.9 Å². The lowest BCUT2D eigenvalue weighted by molar-refractivity contribution is 0.280. The number of hydrogen-bond donors (Lipinski definition) is 0. The van der Waals surface area contributed by atoms with Crippen LogP contribution < -0.4 is 5.76 Å². The Kier molecular flexibility index (Phi) is 7.95. The summed E-state index contributed by atoms with van der Waals surface area (Å²) in [6.07, 6.45) is 0. The van der Waals surface area contributed by atoms with Crippen molar-refractivity contribution in [2.45, 2.75) is 19.7 Å². The minimum atomic E-state index is -2.45. The van der Waals surface area contributed by atoms with Crippen LogP contribution in [0.1, 0.15) is 13.8 Å². The zero-order valence-electron chi connectivity index (χ0n) is 12.0. The summed E-state index contributed by atoms with van der Waals surface area (Å²) in [6.45, 7) is 4.67. The smallest absolute Gasteiger partial charge is 0.408 e. The van der Waals surface area contributed by atoms with Crippen molar-refractivity contribution in [1.29, 1.82) is 0 Å². The van der Waals surface area contributed by atoms with Crippen LogP contribution in [-0.2, 0) is 26.7 Å². The molecule has 1 aromatic heterocycles.